The Hall–Kier alpha value is -1.63. The van der Waals surface area contributed by atoms with E-state index in [1.165, 1.54) is 12.8 Å². The number of anilines is 3. The Morgan fingerprint density at radius 3 is 2.52 bits per heavy atom. The van der Waals surface area contributed by atoms with E-state index < -0.39 is 0 Å². The Balaban J connectivity index is 1.86. The molecule has 3 heterocycles. The van der Waals surface area contributed by atoms with Gasteiger partial charge in [0.25, 0.3) is 0 Å². The van der Waals surface area contributed by atoms with Crippen molar-refractivity contribution < 1.29 is 4.74 Å². The number of hydrogen-bond acceptors (Lipinski definition) is 7. The maximum absolute atomic E-state index is 5.91. The van der Waals surface area contributed by atoms with Crippen molar-refractivity contribution in [3.8, 4) is 0 Å². The van der Waals surface area contributed by atoms with Crippen molar-refractivity contribution in [1.82, 2.24) is 15.0 Å². The molecular weight excluding hydrogens is 268 g/mol. The van der Waals surface area contributed by atoms with Gasteiger partial charge in [-0.2, -0.15) is 15.0 Å². The van der Waals surface area contributed by atoms with Gasteiger partial charge < -0.3 is 20.3 Å². The number of morpholine rings is 1. The van der Waals surface area contributed by atoms with Crippen molar-refractivity contribution in [3.05, 3.63) is 0 Å². The molecule has 1 aromatic rings. The van der Waals surface area contributed by atoms with Gasteiger partial charge in [0.05, 0.1) is 13.2 Å². The van der Waals surface area contributed by atoms with Gasteiger partial charge in [0, 0.05) is 25.7 Å². The van der Waals surface area contributed by atoms with Crippen LogP contribution >= 0.6 is 0 Å². The number of nitrogen functional groups attached to an aromatic ring is 1. The Kier molecular flexibility index (Phi) is 4.10. The molecule has 2 aliphatic heterocycles. The van der Waals surface area contributed by atoms with Crippen LogP contribution in [0, 0.1) is 5.92 Å². The minimum Gasteiger partial charge on any atom is -0.378 e. The predicted molar refractivity (Wildman–Crippen MR) is 82.5 cm³/mol. The van der Waals surface area contributed by atoms with Gasteiger partial charge in [-0.1, -0.05) is 13.8 Å². The molecule has 1 atom stereocenters. The van der Waals surface area contributed by atoms with Crippen LogP contribution in [-0.4, -0.2) is 53.8 Å². The van der Waals surface area contributed by atoms with Gasteiger partial charge in [-0.05, 0) is 18.8 Å². The van der Waals surface area contributed by atoms with Gasteiger partial charge in [0.15, 0.2) is 0 Å². The first-order valence-corrected chi connectivity index (χ1v) is 7.76. The van der Waals surface area contributed by atoms with E-state index >= 15 is 0 Å². The SMILES string of the molecule is CC(C)C1CCCN1c1nc(N)nc(N2CCOCC2)n1. The molecule has 2 N–H and O–H groups in total. The van der Waals surface area contributed by atoms with E-state index in [0.29, 0.717) is 37.1 Å². The van der Waals surface area contributed by atoms with Crippen LogP contribution in [0.3, 0.4) is 0 Å². The zero-order valence-corrected chi connectivity index (χ0v) is 12.8. The molecule has 21 heavy (non-hydrogen) atoms. The summed E-state index contributed by atoms with van der Waals surface area (Å²) in [6, 6.07) is 0.490. The van der Waals surface area contributed by atoms with Crippen LogP contribution in [0.25, 0.3) is 0 Å². The second-order valence-corrected chi connectivity index (χ2v) is 6.04. The molecule has 116 valence electrons. The van der Waals surface area contributed by atoms with Crippen LogP contribution in [-0.2, 0) is 4.74 Å². The van der Waals surface area contributed by atoms with E-state index in [9.17, 15) is 0 Å². The van der Waals surface area contributed by atoms with Crippen LogP contribution in [0.1, 0.15) is 26.7 Å². The van der Waals surface area contributed by atoms with Crippen molar-refractivity contribution in [3.63, 3.8) is 0 Å². The molecular formula is C14H24N6O. The Morgan fingerprint density at radius 1 is 1.10 bits per heavy atom. The summed E-state index contributed by atoms with van der Waals surface area (Å²) in [6.45, 7) is 8.51. The summed E-state index contributed by atoms with van der Waals surface area (Å²) in [6.07, 6.45) is 2.37. The zero-order chi connectivity index (χ0) is 14.8. The summed E-state index contributed by atoms with van der Waals surface area (Å²) >= 11 is 0. The maximum Gasteiger partial charge on any atom is 0.232 e. The number of hydrogen-bond donors (Lipinski definition) is 1. The van der Waals surface area contributed by atoms with Crippen LogP contribution in [0.15, 0.2) is 0 Å². The van der Waals surface area contributed by atoms with Crippen LogP contribution in [0.2, 0.25) is 0 Å². The van der Waals surface area contributed by atoms with Crippen molar-refractivity contribution >= 4 is 17.8 Å². The Labute approximate surface area is 125 Å². The van der Waals surface area contributed by atoms with Gasteiger partial charge in [-0.15, -0.1) is 0 Å². The lowest BCUT2D eigenvalue weighted by Crippen LogP contribution is -2.39. The normalized spacial score (nSPS) is 23.1. The highest BCUT2D eigenvalue weighted by atomic mass is 16.5. The summed E-state index contributed by atoms with van der Waals surface area (Å²) in [5, 5.41) is 0. The van der Waals surface area contributed by atoms with Gasteiger partial charge in [0.2, 0.25) is 17.8 Å². The molecule has 0 saturated carbocycles. The third-order valence-electron chi connectivity index (χ3n) is 4.25. The fraction of sp³-hybridized carbons (Fsp3) is 0.786. The van der Waals surface area contributed by atoms with Crippen LogP contribution in [0.5, 0.6) is 0 Å². The molecule has 0 bridgehead atoms. The monoisotopic (exact) mass is 292 g/mol. The molecule has 7 heteroatoms. The van der Waals surface area contributed by atoms with Gasteiger partial charge in [0.1, 0.15) is 0 Å². The smallest absolute Gasteiger partial charge is 0.232 e. The molecule has 0 aliphatic carbocycles. The molecule has 0 spiro atoms. The summed E-state index contributed by atoms with van der Waals surface area (Å²) in [5.41, 5.74) is 5.91. The van der Waals surface area contributed by atoms with Crippen molar-refractivity contribution in [2.75, 3.05) is 48.4 Å². The summed E-state index contributed by atoms with van der Waals surface area (Å²) in [5.74, 6) is 2.28. The number of aromatic nitrogens is 3. The van der Waals surface area contributed by atoms with Crippen LogP contribution < -0.4 is 15.5 Å². The third-order valence-corrected chi connectivity index (χ3v) is 4.25. The quantitative estimate of drug-likeness (QED) is 0.887. The Morgan fingerprint density at radius 2 is 1.81 bits per heavy atom. The number of ether oxygens (including phenoxy) is 1. The molecule has 1 unspecified atom stereocenters. The zero-order valence-electron chi connectivity index (χ0n) is 12.8. The van der Waals surface area contributed by atoms with Crippen molar-refractivity contribution in [2.24, 2.45) is 5.92 Å². The molecule has 7 nitrogen and oxygen atoms in total. The number of rotatable bonds is 3. The van der Waals surface area contributed by atoms with E-state index in [-0.39, 0.29) is 0 Å². The summed E-state index contributed by atoms with van der Waals surface area (Å²) in [7, 11) is 0. The molecule has 2 fully saturated rings. The van der Waals surface area contributed by atoms with Gasteiger partial charge in [-0.25, -0.2) is 0 Å². The highest BCUT2D eigenvalue weighted by molar-refractivity contribution is 5.45. The largest absolute Gasteiger partial charge is 0.378 e. The van der Waals surface area contributed by atoms with E-state index in [2.05, 4.69) is 38.6 Å². The molecule has 2 aliphatic rings. The lowest BCUT2D eigenvalue weighted by Gasteiger charge is -2.30. The summed E-state index contributed by atoms with van der Waals surface area (Å²) in [4.78, 5) is 17.7. The third kappa shape index (κ3) is 3.02. The number of nitrogens with zero attached hydrogens (tertiary/aromatic N) is 5. The first-order valence-electron chi connectivity index (χ1n) is 7.76. The average Bonchev–Trinajstić information content (AvgIpc) is 2.97. The molecule has 0 radical (unpaired) electrons. The van der Waals surface area contributed by atoms with Crippen molar-refractivity contribution in [1.29, 1.82) is 0 Å². The van der Waals surface area contributed by atoms with Crippen molar-refractivity contribution in [2.45, 2.75) is 32.7 Å². The Bertz CT molecular complexity index is 488. The number of nitrogens with two attached hydrogens (primary N) is 1. The van der Waals surface area contributed by atoms with E-state index in [4.69, 9.17) is 10.5 Å². The lowest BCUT2D eigenvalue weighted by molar-refractivity contribution is 0.122. The minimum atomic E-state index is 0.302. The molecule has 3 rings (SSSR count). The topological polar surface area (TPSA) is 80.4 Å². The van der Waals surface area contributed by atoms with Gasteiger partial charge >= 0.3 is 0 Å². The summed E-state index contributed by atoms with van der Waals surface area (Å²) < 4.78 is 5.38. The van der Waals surface area contributed by atoms with E-state index in [1.807, 2.05) is 0 Å². The molecule has 2 saturated heterocycles. The second-order valence-electron chi connectivity index (χ2n) is 6.04. The van der Waals surface area contributed by atoms with Crippen LogP contribution in [0.4, 0.5) is 17.8 Å². The highest BCUT2D eigenvalue weighted by Gasteiger charge is 2.30. The first-order chi connectivity index (χ1) is 10.1. The molecule has 0 amide bonds. The highest BCUT2D eigenvalue weighted by Crippen LogP contribution is 2.28. The minimum absolute atomic E-state index is 0.302. The van der Waals surface area contributed by atoms with Gasteiger partial charge in [-0.3, -0.25) is 0 Å². The van der Waals surface area contributed by atoms with E-state index in [1.54, 1.807) is 0 Å². The van der Waals surface area contributed by atoms with E-state index in [0.717, 1.165) is 25.6 Å². The fourth-order valence-electron chi connectivity index (χ4n) is 3.14. The lowest BCUT2D eigenvalue weighted by atomic mass is 10.0. The maximum atomic E-state index is 5.91. The average molecular weight is 292 g/mol. The molecule has 0 aromatic carbocycles. The molecule has 1 aromatic heterocycles. The first kappa shape index (κ1) is 14.3. The second kappa shape index (κ2) is 6.01. The predicted octanol–water partition coefficient (Wildman–Crippen LogP) is 0.915. The standard InChI is InChI=1S/C14H24N6O/c1-10(2)11-4-3-5-20(11)14-17-12(15)16-13(18-14)19-6-8-21-9-7-19/h10-11H,3-9H2,1-2H3,(H2,15,16,17,18). The fourth-order valence-corrected chi connectivity index (χ4v) is 3.14.